The smallest absolute Gasteiger partial charge is 0.275 e. The van der Waals surface area contributed by atoms with Crippen LogP contribution in [0, 0.1) is 11.7 Å². The van der Waals surface area contributed by atoms with E-state index >= 15 is 0 Å². The largest absolute Gasteiger partial charge is 0.476 e. The van der Waals surface area contributed by atoms with Crippen molar-refractivity contribution in [3.05, 3.63) is 47.7 Å². The lowest BCUT2D eigenvalue weighted by Crippen LogP contribution is -2.33. The Morgan fingerprint density at radius 2 is 2.17 bits per heavy atom. The van der Waals surface area contributed by atoms with Gasteiger partial charge in [-0.25, -0.2) is 14.4 Å². The summed E-state index contributed by atoms with van der Waals surface area (Å²) < 4.78 is 25.6. The number of aromatic nitrogens is 2. The van der Waals surface area contributed by atoms with Gasteiger partial charge in [-0.05, 0) is 30.9 Å². The predicted molar refractivity (Wildman–Crippen MR) is 108 cm³/mol. The first-order valence-electron chi connectivity index (χ1n) is 9.57. The summed E-state index contributed by atoms with van der Waals surface area (Å²) >= 11 is 0. The highest BCUT2D eigenvalue weighted by atomic mass is 35.5. The first kappa shape index (κ1) is 21.4. The normalized spacial score (nSPS) is 19.0. The Kier molecular flexibility index (Phi) is 7.35. The maximum Gasteiger partial charge on any atom is 0.275 e. The van der Waals surface area contributed by atoms with Crippen molar-refractivity contribution in [1.82, 2.24) is 15.3 Å². The number of amides is 1. The molecule has 1 saturated carbocycles. The van der Waals surface area contributed by atoms with E-state index in [2.05, 4.69) is 20.6 Å². The molecule has 2 aliphatic rings. The van der Waals surface area contributed by atoms with Crippen LogP contribution in [-0.2, 0) is 4.74 Å². The maximum absolute atomic E-state index is 14.4. The van der Waals surface area contributed by atoms with Gasteiger partial charge in [0.05, 0.1) is 31.7 Å². The topological polar surface area (TPSA) is 85.4 Å². The fourth-order valence-electron chi connectivity index (χ4n) is 3.20. The van der Waals surface area contributed by atoms with Crippen molar-refractivity contribution in [2.75, 3.05) is 31.6 Å². The van der Waals surface area contributed by atoms with Crippen molar-refractivity contribution in [2.24, 2.45) is 5.92 Å². The van der Waals surface area contributed by atoms with Crippen LogP contribution in [0.4, 0.5) is 10.1 Å². The van der Waals surface area contributed by atoms with Crippen LogP contribution in [-0.4, -0.2) is 42.2 Å². The minimum Gasteiger partial charge on any atom is -0.476 e. The Balaban J connectivity index is 0.00000240. The number of nitrogens with one attached hydrogen (secondary N) is 2. The van der Waals surface area contributed by atoms with Gasteiger partial charge < -0.3 is 20.1 Å². The zero-order chi connectivity index (χ0) is 19.3. The van der Waals surface area contributed by atoms with E-state index in [-0.39, 0.29) is 24.2 Å². The van der Waals surface area contributed by atoms with Gasteiger partial charge in [-0.15, -0.1) is 12.4 Å². The number of hydrogen-bond donors (Lipinski definition) is 2. The molecule has 0 radical (unpaired) electrons. The highest BCUT2D eigenvalue weighted by Crippen LogP contribution is 2.27. The van der Waals surface area contributed by atoms with Crippen LogP contribution >= 0.6 is 12.4 Å². The highest BCUT2D eigenvalue weighted by Gasteiger charge is 2.20. The number of benzene rings is 1. The molecule has 2 heterocycles. The Bertz CT molecular complexity index is 827. The molecule has 2 N–H and O–H groups in total. The molecule has 2 aromatic rings. The third-order valence-corrected chi connectivity index (χ3v) is 5.09. The van der Waals surface area contributed by atoms with E-state index in [0.29, 0.717) is 42.8 Å². The predicted octanol–water partition coefficient (Wildman–Crippen LogP) is 3.13. The Hall–Kier alpha value is -2.29. The number of hydrogen-bond acceptors (Lipinski definition) is 6. The molecule has 0 spiro atoms. The molecular formula is C20H24ClFN4O3. The zero-order valence-corrected chi connectivity index (χ0v) is 16.7. The van der Waals surface area contributed by atoms with Crippen molar-refractivity contribution in [2.45, 2.75) is 25.4 Å². The molecule has 7 nitrogen and oxygen atoms in total. The van der Waals surface area contributed by atoms with Crippen LogP contribution < -0.4 is 15.4 Å². The molecule has 0 unspecified atom stereocenters. The van der Waals surface area contributed by atoms with E-state index in [9.17, 15) is 9.18 Å². The van der Waals surface area contributed by atoms with Gasteiger partial charge in [0.15, 0.2) is 0 Å². The van der Waals surface area contributed by atoms with Crippen LogP contribution in [0.5, 0.6) is 5.88 Å². The second-order valence-electron chi connectivity index (χ2n) is 7.10. The number of morpholine rings is 1. The van der Waals surface area contributed by atoms with E-state index in [1.807, 2.05) is 0 Å². The molecule has 1 saturated heterocycles. The molecule has 1 aromatic heterocycles. The van der Waals surface area contributed by atoms with Crippen molar-refractivity contribution in [3.63, 3.8) is 0 Å². The number of nitrogens with zero attached hydrogens (tertiary/aromatic N) is 2. The number of ether oxygens (including phenoxy) is 2. The monoisotopic (exact) mass is 422 g/mol. The van der Waals surface area contributed by atoms with Crippen LogP contribution in [0.1, 0.15) is 41.4 Å². The Labute approximate surface area is 174 Å². The zero-order valence-electron chi connectivity index (χ0n) is 15.9. The third kappa shape index (κ3) is 5.41. The summed E-state index contributed by atoms with van der Waals surface area (Å²) in [6.07, 6.45) is 6.10. The highest BCUT2D eigenvalue weighted by molar-refractivity contribution is 6.02. The summed E-state index contributed by atoms with van der Waals surface area (Å²) in [5, 5.41) is 5.81. The van der Waals surface area contributed by atoms with Crippen molar-refractivity contribution in [3.8, 4) is 5.88 Å². The van der Waals surface area contributed by atoms with E-state index in [1.54, 1.807) is 12.1 Å². The maximum atomic E-state index is 14.4. The molecule has 29 heavy (non-hydrogen) atoms. The number of carbonyl (C=O) groups excluding carboxylic acids is 1. The van der Waals surface area contributed by atoms with Crippen LogP contribution in [0.2, 0.25) is 0 Å². The third-order valence-electron chi connectivity index (χ3n) is 5.09. The lowest BCUT2D eigenvalue weighted by molar-refractivity contribution is 0.0255. The van der Waals surface area contributed by atoms with Gasteiger partial charge in [-0.1, -0.05) is 12.5 Å². The van der Waals surface area contributed by atoms with Gasteiger partial charge in [0.1, 0.15) is 11.5 Å². The van der Waals surface area contributed by atoms with Crippen molar-refractivity contribution in [1.29, 1.82) is 0 Å². The lowest BCUT2D eigenvalue weighted by Gasteiger charge is -2.24. The molecular weight excluding hydrogens is 399 g/mol. The quantitative estimate of drug-likeness (QED) is 0.744. The molecule has 4 rings (SSSR count). The molecule has 1 aromatic carbocycles. The fraction of sp³-hybridized carbons (Fsp3) is 0.450. The van der Waals surface area contributed by atoms with Gasteiger partial charge in [-0.2, -0.15) is 0 Å². The molecule has 1 atom stereocenters. The van der Waals surface area contributed by atoms with E-state index in [4.69, 9.17) is 9.47 Å². The number of anilines is 1. The molecule has 0 bridgehead atoms. The fourth-order valence-corrected chi connectivity index (χ4v) is 3.20. The van der Waals surface area contributed by atoms with E-state index < -0.39 is 11.7 Å². The number of rotatable bonds is 6. The molecule has 1 amide bonds. The van der Waals surface area contributed by atoms with E-state index in [0.717, 1.165) is 6.54 Å². The first-order chi connectivity index (χ1) is 13.7. The van der Waals surface area contributed by atoms with Gasteiger partial charge in [0, 0.05) is 24.3 Å². The summed E-state index contributed by atoms with van der Waals surface area (Å²) in [6.45, 7) is 2.50. The number of halogens is 2. The number of carbonyl (C=O) groups is 1. The summed E-state index contributed by atoms with van der Waals surface area (Å²) in [7, 11) is 0. The average Bonchev–Trinajstić information content (AvgIpc) is 2.68. The summed E-state index contributed by atoms with van der Waals surface area (Å²) in [5.74, 6) is 0.121. The molecule has 2 fully saturated rings. The van der Waals surface area contributed by atoms with Gasteiger partial charge in [0.2, 0.25) is 5.88 Å². The second-order valence-corrected chi connectivity index (χ2v) is 7.10. The van der Waals surface area contributed by atoms with Crippen LogP contribution in [0.25, 0.3) is 0 Å². The molecule has 9 heteroatoms. The van der Waals surface area contributed by atoms with Crippen LogP contribution in [0.15, 0.2) is 30.6 Å². The SMILES string of the molecule is Cl.O=C(Nc1ccc([C@H]2CNCCO2)c(F)c1)c1cnc(OCC2CCC2)cn1. The molecule has 156 valence electrons. The minimum atomic E-state index is -0.458. The lowest BCUT2D eigenvalue weighted by atomic mass is 9.86. The summed E-state index contributed by atoms with van der Waals surface area (Å²) in [5.41, 5.74) is 0.959. The van der Waals surface area contributed by atoms with E-state index in [1.165, 1.54) is 37.7 Å². The van der Waals surface area contributed by atoms with Crippen LogP contribution in [0.3, 0.4) is 0 Å². The summed E-state index contributed by atoms with van der Waals surface area (Å²) in [6, 6.07) is 4.57. The Morgan fingerprint density at radius 3 is 2.79 bits per heavy atom. The average molecular weight is 423 g/mol. The first-order valence-corrected chi connectivity index (χ1v) is 9.57. The van der Waals surface area contributed by atoms with Gasteiger partial charge in [-0.3, -0.25) is 4.79 Å². The molecule has 1 aliphatic heterocycles. The van der Waals surface area contributed by atoms with Gasteiger partial charge >= 0.3 is 0 Å². The standard InChI is InChI=1S/C20H23FN4O3.ClH/c21-16-8-14(4-5-15(16)18-10-22-6-7-27-18)25-20(26)17-9-24-19(11-23-17)28-12-13-2-1-3-13;/h4-5,8-9,11,13,18,22H,1-3,6-7,10,12H2,(H,25,26);1H/t18-;/m1./s1. The van der Waals surface area contributed by atoms with Crippen molar-refractivity contribution < 1.29 is 18.7 Å². The van der Waals surface area contributed by atoms with Gasteiger partial charge in [0.25, 0.3) is 5.91 Å². The van der Waals surface area contributed by atoms with Crippen molar-refractivity contribution >= 4 is 24.0 Å². The Morgan fingerprint density at radius 1 is 1.31 bits per heavy atom. The minimum absolute atomic E-state index is 0. The summed E-state index contributed by atoms with van der Waals surface area (Å²) in [4.78, 5) is 20.5. The molecule has 1 aliphatic carbocycles. The second kappa shape index (κ2) is 9.96.